The Hall–Kier alpha value is -1.07. The first-order valence-corrected chi connectivity index (χ1v) is 8.01. The molecule has 0 spiro atoms. The van der Waals surface area contributed by atoms with E-state index in [2.05, 4.69) is 31.9 Å². The molecule has 0 unspecified atom stereocenters. The Kier molecular flexibility index (Phi) is 3.98. The number of hydrogen-bond acceptors (Lipinski definition) is 2. The van der Waals surface area contributed by atoms with Crippen LogP contribution in [0.5, 0.6) is 0 Å². The summed E-state index contributed by atoms with van der Waals surface area (Å²) in [5, 5.41) is 0. The first kappa shape index (κ1) is 13.9. The second-order valence-corrected chi connectivity index (χ2v) is 6.73. The smallest absolute Gasteiger partial charge is 0.254 e. The van der Waals surface area contributed by atoms with Crippen LogP contribution in [-0.2, 0) is 6.54 Å². The van der Waals surface area contributed by atoms with Crippen molar-refractivity contribution in [1.29, 1.82) is 0 Å². The molecule has 0 N–H and O–H groups in total. The molecule has 0 atom stereocenters. The molecular formula is C15H13Br2NO2. The van der Waals surface area contributed by atoms with E-state index in [0.29, 0.717) is 18.2 Å². The van der Waals surface area contributed by atoms with Crippen LogP contribution in [0.3, 0.4) is 0 Å². The highest BCUT2D eigenvalue weighted by Crippen LogP contribution is 2.31. The van der Waals surface area contributed by atoms with E-state index in [0.717, 1.165) is 27.5 Å². The molecule has 1 aliphatic rings. The van der Waals surface area contributed by atoms with Gasteiger partial charge in [0.1, 0.15) is 5.76 Å². The Balaban J connectivity index is 1.85. The summed E-state index contributed by atoms with van der Waals surface area (Å²) in [6.45, 7) is 0.528. The second-order valence-electron chi connectivity index (χ2n) is 4.90. The largest absolute Gasteiger partial charge is 0.467 e. The maximum Gasteiger partial charge on any atom is 0.254 e. The molecule has 1 aromatic heterocycles. The molecule has 1 heterocycles. The van der Waals surface area contributed by atoms with Crippen LogP contribution in [0.15, 0.2) is 50.0 Å². The maximum atomic E-state index is 12.7. The molecule has 1 aliphatic carbocycles. The van der Waals surface area contributed by atoms with E-state index in [1.807, 2.05) is 35.2 Å². The van der Waals surface area contributed by atoms with Gasteiger partial charge < -0.3 is 9.32 Å². The van der Waals surface area contributed by atoms with E-state index in [9.17, 15) is 4.79 Å². The van der Waals surface area contributed by atoms with Crippen LogP contribution in [-0.4, -0.2) is 16.8 Å². The Morgan fingerprint density at radius 1 is 1.25 bits per heavy atom. The van der Waals surface area contributed by atoms with Crippen molar-refractivity contribution in [3.63, 3.8) is 0 Å². The van der Waals surface area contributed by atoms with Crippen molar-refractivity contribution in [3.8, 4) is 0 Å². The van der Waals surface area contributed by atoms with Gasteiger partial charge in [0, 0.05) is 20.6 Å². The second kappa shape index (κ2) is 5.74. The summed E-state index contributed by atoms with van der Waals surface area (Å²) in [6, 6.07) is 9.71. The van der Waals surface area contributed by atoms with E-state index in [4.69, 9.17) is 4.42 Å². The maximum absolute atomic E-state index is 12.7. The number of amides is 1. The molecule has 0 radical (unpaired) electrons. The molecule has 3 nitrogen and oxygen atoms in total. The average molecular weight is 399 g/mol. The lowest BCUT2D eigenvalue weighted by molar-refractivity contribution is 0.0717. The third-order valence-corrected chi connectivity index (χ3v) is 4.18. The van der Waals surface area contributed by atoms with Crippen LogP contribution in [0.2, 0.25) is 0 Å². The number of hydrogen-bond donors (Lipinski definition) is 0. The highest BCUT2D eigenvalue weighted by molar-refractivity contribution is 9.11. The van der Waals surface area contributed by atoms with Gasteiger partial charge in [0.2, 0.25) is 0 Å². The lowest BCUT2D eigenvalue weighted by Crippen LogP contribution is -2.32. The molecule has 3 rings (SSSR count). The van der Waals surface area contributed by atoms with Gasteiger partial charge in [-0.2, -0.15) is 0 Å². The monoisotopic (exact) mass is 397 g/mol. The number of furan rings is 1. The molecule has 1 saturated carbocycles. The van der Waals surface area contributed by atoms with Gasteiger partial charge in [0.15, 0.2) is 0 Å². The minimum atomic E-state index is 0.0471. The van der Waals surface area contributed by atoms with Crippen molar-refractivity contribution >= 4 is 37.8 Å². The van der Waals surface area contributed by atoms with Crippen LogP contribution in [0.25, 0.3) is 0 Å². The summed E-state index contributed by atoms with van der Waals surface area (Å²) in [6.07, 6.45) is 3.78. The molecule has 1 aromatic carbocycles. The number of benzene rings is 1. The number of carbonyl (C=O) groups is 1. The summed E-state index contributed by atoms with van der Waals surface area (Å²) in [7, 11) is 0. The van der Waals surface area contributed by atoms with Crippen LogP contribution >= 0.6 is 31.9 Å². The number of carbonyl (C=O) groups excluding carboxylic acids is 1. The molecule has 1 amide bonds. The van der Waals surface area contributed by atoms with Gasteiger partial charge in [0.25, 0.3) is 5.91 Å². The number of halogens is 2. The zero-order chi connectivity index (χ0) is 14.1. The topological polar surface area (TPSA) is 33.5 Å². The Labute approximate surface area is 134 Å². The number of nitrogens with zero attached hydrogens (tertiary/aromatic N) is 1. The fraction of sp³-hybridized carbons (Fsp3) is 0.267. The van der Waals surface area contributed by atoms with Crippen molar-refractivity contribution < 1.29 is 9.21 Å². The van der Waals surface area contributed by atoms with E-state index in [1.54, 1.807) is 6.26 Å². The van der Waals surface area contributed by atoms with Gasteiger partial charge in [0.05, 0.1) is 12.8 Å². The fourth-order valence-corrected chi connectivity index (χ4v) is 3.46. The van der Waals surface area contributed by atoms with Gasteiger partial charge in [-0.1, -0.05) is 31.9 Å². The highest BCUT2D eigenvalue weighted by Gasteiger charge is 2.33. The normalized spacial score (nSPS) is 14.3. The average Bonchev–Trinajstić information content (AvgIpc) is 3.11. The van der Waals surface area contributed by atoms with E-state index >= 15 is 0 Å². The van der Waals surface area contributed by atoms with Crippen molar-refractivity contribution in [2.75, 3.05) is 0 Å². The molecule has 104 valence electrons. The molecular weight excluding hydrogens is 386 g/mol. The van der Waals surface area contributed by atoms with Crippen LogP contribution < -0.4 is 0 Å². The first-order valence-electron chi connectivity index (χ1n) is 6.43. The van der Waals surface area contributed by atoms with Crippen molar-refractivity contribution in [1.82, 2.24) is 4.90 Å². The predicted octanol–water partition coefficient (Wildman–Crippen LogP) is 4.61. The quantitative estimate of drug-likeness (QED) is 0.753. The zero-order valence-electron chi connectivity index (χ0n) is 10.7. The fourth-order valence-electron chi connectivity index (χ4n) is 2.17. The summed E-state index contributed by atoms with van der Waals surface area (Å²) < 4.78 is 7.15. The summed E-state index contributed by atoms with van der Waals surface area (Å²) in [4.78, 5) is 14.6. The molecule has 0 saturated heterocycles. The van der Waals surface area contributed by atoms with Gasteiger partial charge in [-0.15, -0.1) is 0 Å². The van der Waals surface area contributed by atoms with Gasteiger partial charge in [-0.25, -0.2) is 0 Å². The van der Waals surface area contributed by atoms with Gasteiger partial charge >= 0.3 is 0 Å². The van der Waals surface area contributed by atoms with Crippen molar-refractivity contribution in [2.24, 2.45) is 0 Å². The van der Waals surface area contributed by atoms with E-state index < -0.39 is 0 Å². The zero-order valence-corrected chi connectivity index (χ0v) is 13.9. The molecule has 0 bridgehead atoms. The lowest BCUT2D eigenvalue weighted by atomic mass is 10.2. The third kappa shape index (κ3) is 3.15. The molecule has 1 fully saturated rings. The Morgan fingerprint density at radius 3 is 2.50 bits per heavy atom. The SMILES string of the molecule is O=C(c1cc(Br)cc(Br)c1)N(Cc1ccco1)C1CC1. The molecule has 5 heteroatoms. The van der Waals surface area contributed by atoms with Gasteiger partial charge in [-0.3, -0.25) is 4.79 Å². The van der Waals surface area contributed by atoms with Gasteiger partial charge in [-0.05, 0) is 43.2 Å². The summed E-state index contributed by atoms with van der Waals surface area (Å²) in [5.41, 5.74) is 0.685. The van der Waals surface area contributed by atoms with Crippen LogP contribution in [0, 0.1) is 0 Å². The molecule has 20 heavy (non-hydrogen) atoms. The van der Waals surface area contributed by atoms with E-state index in [-0.39, 0.29) is 5.91 Å². The number of rotatable bonds is 4. The van der Waals surface area contributed by atoms with Crippen LogP contribution in [0.1, 0.15) is 29.0 Å². The molecule has 0 aliphatic heterocycles. The van der Waals surface area contributed by atoms with Crippen molar-refractivity contribution in [2.45, 2.75) is 25.4 Å². The third-order valence-electron chi connectivity index (χ3n) is 3.26. The Morgan fingerprint density at radius 2 is 1.95 bits per heavy atom. The summed E-state index contributed by atoms with van der Waals surface area (Å²) >= 11 is 6.85. The van der Waals surface area contributed by atoms with Crippen molar-refractivity contribution in [3.05, 3.63) is 56.9 Å². The standard InChI is InChI=1S/C15H13Br2NO2/c16-11-6-10(7-12(17)8-11)15(19)18(13-3-4-13)9-14-2-1-5-20-14/h1-2,5-8,13H,3-4,9H2. The predicted molar refractivity (Wildman–Crippen MR) is 83.4 cm³/mol. The summed E-state index contributed by atoms with van der Waals surface area (Å²) in [5.74, 6) is 0.866. The van der Waals surface area contributed by atoms with E-state index in [1.165, 1.54) is 0 Å². The van der Waals surface area contributed by atoms with Crippen LogP contribution in [0.4, 0.5) is 0 Å². The highest BCUT2D eigenvalue weighted by atomic mass is 79.9. The Bertz CT molecular complexity index is 601. The lowest BCUT2D eigenvalue weighted by Gasteiger charge is -2.21. The minimum absolute atomic E-state index is 0.0471. The minimum Gasteiger partial charge on any atom is -0.467 e. The molecule has 2 aromatic rings. The first-order chi connectivity index (χ1) is 9.63.